The van der Waals surface area contributed by atoms with Crippen LogP contribution in [0.5, 0.6) is 0 Å². The molecule has 2 bridgehead atoms. The molecular formula is C18H32N2O. The van der Waals surface area contributed by atoms with Crippen molar-refractivity contribution in [3.63, 3.8) is 0 Å². The van der Waals surface area contributed by atoms with E-state index in [0.717, 1.165) is 18.9 Å². The molecule has 2 unspecified atom stereocenters. The van der Waals surface area contributed by atoms with Crippen LogP contribution >= 0.6 is 0 Å². The minimum atomic E-state index is -0.0226. The summed E-state index contributed by atoms with van der Waals surface area (Å²) in [6.07, 6.45) is 14.6. The van der Waals surface area contributed by atoms with Gasteiger partial charge in [0.1, 0.15) is 0 Å². The van der Waals surface area contributed by atoms with Crippen LogP contribution < -0.4 is 5.32 Å². The largest absolute Gasteiger partial charge is 0.393 e. The lowest BCUT2D eigenvalue weighted by molar-refractivity contribution is -0.0000903. The third-order valence-corrected chi connectivity index (χ3v) is 6.63. The molecule has 0 spiro atoms. The van der Waals surface area contributed by atoms with Gasteiger partial charge in [0.15, 0.2) is 0 Å². The molecule has 4 fully saturated rings. The summed E-state index contributed by atoms with van der Waals surface area (Å²) in [7, 11) is 0. The maximum Gasteiger partial charge on any atom is 0.0570 e. The van der Waals surface area contributed by atoms with Gasteiger partial charge in [0.05, 0.1) is 6.10 Å². The lowest BCUT2D eigenvalue weighted by Crippen LogP contribution is -2.52. The van der Waals surface area contributed by atoms with Gasteiger partial charge in [0.2, 0.25) is 0 Å². The van der Waals surface area contributed by atoms with Crippen LogP contribution in [0.4, 0.5) is 0 Å². The van der Waals surface area contributed by atoms with Gasteiger partial charge in [-0.3, -0.25) is 4.90 Å². The van der Waals surface area contributed by atoms with E-state index in [-0.39, 0.29) is 6.10 Å². The zero-order valence-electron chi connectivity index (χ0n) is 13.4. The molecule has 4 aliphatic rings. The highest BCUT2D eigenvalue weighted by molar-refractivity contribution is 5.00. The Bertz CT molecular complexity index is 348. The normalized spacial score (nSPS) is 39.6. The first-order valence-electron chi connectivity index (χ1n) is 9.41. The van der Waals surface area contributed by atoms with E-state index in [0.29, 0.717) is 17.5 Å². The monoisotopic (exact) mass is 292 g/mol. The third-order valence-electron chi connectivity index (χ3n) is 6.63. The van der Waals surface area contributed by atoms with Crippen LogP contribution in [0.25, 0.3) is 0 Å². The second-order valence-corrected chi connectivity index (χ2v) is 8.40. The van der Waals surface area contributed by atoms with Crippen LogP contribution in [-0.2, 0) is 0 Å². The number of hydrogen-bond acceptors (Lipinski definition) is 3. The van der Waals surface area contributed by atoms with Crippen molar-refractivity contribution in [3.8, 4) is 0 Å². The highest BCUT2D eigenvalue weighted by Gasteiger charge is 2.44. The SMILES string of the molecule is OC1CC2CCC(C1)N2CC1(CNC2CC2)CCCCC1. The Balaban J connectivity index is 1.43. The van der Waals surface area contributed by atoms with E-state index >= 15 is 0 Å². The smallest absolute Gasteiger partial charge is 0.0570 e. The molecule has 0 amide bonds. The molecule has 2 atom stereocenters. The molecule has 2 aliphatic heterocycles. The summed E-state index contributed by atoms with van der Waals surface area (Å²) in [4.78, 5) is 2.81. The van der Waals surface area contributed by atoms with Gasteiger partial charge >= 0.3 is 0 Å². The van der Waals surface area contributed by atoms with Crippen molar-refractivity contribution in [1.82, 2.24) is 10.2 Å². The molecule has 3 heteroatoms. The summed E-state index contributed by atoms with van der Waals surface area (Å²) in [5.41, 5.74) is 0.532. The van der Waals surface area contributed by atoms with E-state index in [4.69, 9.17) is 0 Å². The first-order chi connectivity index (χ1) is 10.2. The molecule has 0 aromatic carbocycles. The molecule has 3 nitrogen and oxygen atoms in total. The number of rotatable bonds is 5. The minimum absolute atomic E-state index is 0.0226. The zero-order chi connectivity index (χ0) is 14.3. The molecule has 2 saturated heterocycles. The fourth-order valence-corrected chi connectivity index (χ4v) is 5.23. The Labute approximate surface area is 129 Å². The number of aliphatic hydroxyl groups excluding tert-OH is 1. The van der Waals surface area contributed by atoms with E-state index < -0.39 is 0 Å². The maximum atomic E-state index is 10.0. The molecule has 120 valence electrons. The van der Waals surface area contributed by atoms with Gasteiger partial charge in [-0.25, -0.2) is 0 Å². The molecule has 2 heterocycles. The van der Waals surface area contributed by atoms with E-state index in [1.54, 1.807) is 0 Å². The van der Waals surface area contributed by atoms with Crippen LogP contribution in [0.1, 0.15) is 70.6 Å². The van der Waals surface area contributed by atoms with Crippen LogP contribution in [0.3, 0.4) is 0 Å². The van der Waals surface area contributed by atoms with E-state index in [1.165, 1.54) is 70.9 Å². The number of nitrogens with one attached hydrogen (secondary N) is 1. The average molecular weight is 292 g/mol. The van der Waals surface area contributed by atoms with Crippen molar-refractivity contribution < 1.29 is 5.11 Å². The number of hydrogen-bond donors (Lipinski definition) is 2. The maximum absolute atomic E-state index is 10.0. The van der Waals surface area contributed by atoms with Crippen LogP contribution in [-0.4, -0.2) is 47.3 Å². The molecule has 21 heavy (non-hydrogen) atoms. The molecule has 0 aromatic heterocycles. The van der Waals surface area contributed by atoms with Crippen LogP contribution in [0, 0.1) is 5.41 Å². The van der Waals surface area contributed by atoms with Crippen molar-refractivity contribution in [2.75, 3.05) is 13.1 Å². The van der Waals surface area contributed by atoms with Gasteiger partial charge in [0, 0.05) is 31.2 Å². The summed E-state index contributed by atoms with van der Waals surface area (Å²) in [6, 6.07) is 2.20. The van der Waals surface area contributed by atoms with Gasteiger partial charge in [-0.1, -0.05) is 19.3 Å². The van der Waals surface area contributed by atoms with Gasteiger partial charge < -0.3 is 10.4 Å². The molecule has 2 saturated carbocycles. The molecule has 0 radical (unpaired) electrons. The summed E-state index contributed by atoms with van der Waals surface area (Å²) >= 11 is 0. The van der Waals surface area contributed by atoms with Crippen molar-refractivity contribution in [3.05, 3.63) is 0 Å². The first-order valence-corrected chi connectivity index (χ1v) is 9.41. The zero-order valence-corrected chi connectivity index (χ0v) is 13.4. The second kappa shape index (κ2) is 5.82. The number of fused-ring (bicyclic) bond motifs is 2. The fraction of sp³-hybridized carbons (Fsp3) is 1.00. The molecule has 2 N–H and O–H groups in total. The van der Waals surface area contributed by atoms with Crippen LogP contribution in [0.2, 0.25) is 0 Å². The topological polar surface area (TPSA) is 35.5 Å². The van der Waals surface area contributed by atoms with Crippen molar-refractivity contribution >= 4 is 0 Å². The lowest BCUT2D eigenvalue weighted by Gasteiger charge is -2.46. The van der Waals surface area contributed by atoms with Gasteiger partial charge in [-0.2, -0.15) is 0 Å². The summed E-state index contributed by atoms with van der Waals surface area (Å²) in [6.45, 7) is 2.55. The van der Waals surface area contributed by atoms with E-state index in [2.05, 4.69) is 10.2 Å². The summed E-state index contributed by atoms with van der Waals surface area (Å²) in [5.74, 6) is 0. The minimum Gasteiger partial charge on any atom is -0.393 e. The first kappa shape index (κ1) is 14.5. The summed E-state index contributed by atoms with van der Waals surface area (Å²) < 4.78 is 0. The van der Waals surface area contributed by atoms with Gasteiger partial charge in [-0.05, 0) is 56.8 Å². The number of aliphatic hydroxyl groups is 1. The fourth-order valence-electron chi connectivity index (χ4n) is 5.23. The lowest BCUT2D eigenvalue weighted by atomic mass is 9.73. The third kappa shape index (κ3) is 3.16. The highest BCUT2D eigenvalue weighted by Crippen LogP contribution is 2.43. The highest BCUT2D eigenvalue weighted by atomic mass is 16.3. The predicted octanol–water partition coefficient (Wildman–Crippen LogP) is 2.68. The van der Waals surface area contributed by atoms with Crippen molar-refractivity contribution in [1.29, 1.82) is 0 Å². The van der Waals surface area contributed by atoms with Gasteiger partial charge in [0.25, 0.3) is 0 Å². The average Bonchev–Trinajstić information content (AvgIpc) is 3.27. The Morgan fingerprint density at radius 3 is 2.24 bits per heavy atom. The second-order valence-electron chi connectivity index (χ2n) is 8.40. The van der Waals surface area contributed by atoms with Gasteiger partial charge in [-0.15, -0.1) is 0 Å². The Kier molecular flexibility index (Phi) is 4.01. The Morgan fingerprint density at radius 2 is 1.62 bits per heavy atom. The van der Waals surface area contributed by atoms with Crippen molar-refractivity contribution in [2.45, 2.75) is 94.9 Å². The van der Waals surface area contributed by atoms with E-state index in [1.807, 2.05) is 0 Å². The van der Waals surface area contributed by atoms with E-state index in [9.17, 15) is 5.11 Å². The molecular weight excluding hydrogens is 260 g/mol. The number of piperidine rings is 1. The number of nitrogens with zero attached hydrogens (tertiary/aromatic N) is 1. The molecule has 0 aromatic rings. The Morgan fingerprint density at radius 1 is 0.952 bits per heavy atom. The standard InChI is InChI=1S/C18H32N2O/c21-17-10-15-6-7-16(11-17)20(15)13-18(8-2-1-3-9-18)12-19-14-4-5-14/h14-17,19,21H,1-13H2. The predicted molar refractivity (Wildman–Crippen MR) is 85.3 cm³/mol. The quantitative estimate of drug-likeness (QED) is 0.818. The Hall–Kier alpha value is -0.120. The molecule has 2 aliphatic carbocycles. The van der Waals surface area contributed by atoms with Crippen LogP contribution in [0.15, 0.2) is 0 Å². The molecule has 4 rings (SSSR count). The summed E-state index contributed by atoms with van der Waals surface area (Å²) in [5, 5.41) is 13.9. The van der Waals surface area contributed by atoms with Crippen molar-refractivity contribution in [2.24, 2.45) is 5.41 Å².